The fourth-order valence-electron chi connectivity index (χ4n) is 2.06. The van der Waals surface area contributed by atoms with Gasteiger partial charge in [0.25, 0.3) is 0 Å². The molecular formula is C14H17FN2O. The predicted octanol–water partition coefficient (Wildman–Crippen LogP) is 2.69. The second-order valence-electron chi connectivity index (χ2n) is 4.52. The molecule has 2 aromatic rings. The second kappa shape index (κ2) is 4.90. The molecular weight excluding hydrogens is 231 g/mol. The Labute approximate surface area is 106 Å². The van der Waals surface area contributed by atoms with E-state index in [1.54, 1.807) is 36.0 Å². The van der Waals surface area contributed by atoms with Gasteiger partial charge in [0.05, 0.1) is 5.69 Å². The van der Waals surface area contributed by atoms with Crippen LogP contribution in [0.15, 0.2) is 36.5 Å². The van der Waals surface area contributed by atoms with E-state index in [2.05, 4.69) is 12.0 Å². The molecule has 0 bridgehead atoms. The SMILES string of the molecule is CCCn1nccc1C(C)(O)c1ccc(F)cc1. The van der Waals surface area contributed by atoms with Gasteiger partial charge in [-0.1, -0.05) is 19.1 Å². The molecule has 4 heteroatoms. The largest absolute Gasteiger partial charge is 0.379 e. The molecule has 0 fully saturated rings. The molecule has 1 atom stereocenters. The van der Waals surface area contributed by atoms with Crippen molar-refractivity contribution in [3.05, 3.63) is 53.6 Å². The third kappa shape index (κ3) is 2.29. The molecule has 2 rings (SSSR count). The fourth-order valence-corrected chi connectivity index (χ4v) is 2.06. The maximum absolute atomic E-state index is 12.9. The minimum absolute atomic E-state index is 0.309. The number of aryl methyl sites for hydroxylation is 1. The van der Waals surface area contributed by atoms with Gasteiger partial charge in [0.1, 0.15) is 11.4 Å². The van der Waals surface area contributed by atoms with Gasteiger partial charge in [0.15, 0.2) is 0 Å². The lowest BCUT2D eigenvalue weighted by atomic mass is 9.92. The molecule has 18 heavy (non-hydrogen) atoms. The lowest BCUT2D eigenvalue weighted by Gasteiger charge is -2.25. The molecule has 1 heterocycles. The highest BCUT2D eigenvalue weighted by atomic mass is 19.1. The van der Waals surface area contributed by atoms with Crippen LogP contribution in [0.2, 0.25) is 0 Å². The number of rotatable bonds is 4. The van der Waals surface area contributed by atoms with Crippen LogP contribution in [0, 0.1) is 5.82 Å². The Hall–Kier alpha value is -1.68. The molecule has 1 aromatic carbocycles. The summed E-state index contributed by atoms with van der Waals surface area (Å²) in [5.74, 6) is -0.309. The van der Waals surface area contributed by atoms with Gasteiger partial charge in [0.2, 0.25) is 0 Å². The number of halogens is 1. The normalized spacial score (nSPS) is 14.4. The van der Waals surface area contributed by atoms with Gasteiger partial charge in [-0.25, -0.2) is 4.39 Å². The monoisotopic (exact) mass is 248 g/mol. The van der Waals surface area contributed by atoms with E-state index in [-0.39, 0.29) is 5.82 Å². The maximum atomic E-state index is 12.9. The minimum atomic E-state index is -1.17. The Bertz CT molecular complexity index is 517. The Morgan fingerprint density at radius 1 is 1.28 bits per heavy atom. The number of aromatic nitrogens is 2. The van der Waals surface area contributed by atoms with Crippen molar-refractivity contribution in [2.24, 2.45) is 0 Å². The summed E-state index contributed by atoms with van der Waals surface area (Å²) in [6.45, 7) is 4.50. The van der Waals surface area contributed by atoms with Gasteiger partial charge < -0.3 is 5.11 Å². The van der Waals surface area contributed by atoms with Crippen LogP contribution in [0.5, 0.6) is 0 Å². The summed E-state index contributed by atoms with van der Waals surface area (Å²) < 4.78 is 14.7. The van der Waals surface area contributed by atoms with E-state index in [9.17, 15) is 9.50 Å². The summed E-state index contributed by atoms with van der Waals surface area (Å²) in [5, 5.41) is 14.9. The second-order valence-corrected chi connectivity index (χ2v) is 4.52. The molecule has 0 radical (unpaired) electrons. The molecule has 1 aromatic heterocycles. The van der Waals surface area contributed by atoms with E-state index in [0.29, 0.717) is 5.56 Å². The highest BCUT2D eigenvalue weighted by molar-refractivity contribution is 5.31. The molecule has 96 valence electrons. The van der Waals surface area contributed by atoms with Crippen LogP contribution in [-0.4, -0.2) is 14.9 Å². The first-order valence-electron chi connectivity index (χ1n) is 6.06. The van der Waals surface area contributed by atoms with Gasteiger partial charge in [-0.2, -0.15) is 5.10 Å². The van der Waals surface area contributed by atoms with Crippen LogP contribution in [-0.2, 0) is 12.1 Å². The fraction of sp³-hybridized carbons (Fsp3) is 0.357. The highest BCUT2D eigenvalue weighted by Gasteiger charge is 2.29. The standard InChI is InChI=1S/C14H17FN2O/c1-3-10-17-13(8-9-16-17)14(2,18)11-4-6-12(15)7-5-11/h4-9,18H,3,10H2,1-2H3. The molecule has 0 saturated carbocycles. The minimum Gasteiger partial charge on any atom is -0.379 e. The third-order valence-electron chi connectivity index (χ3n) is 3.06. The van der Waals surface area contributed by atoms with Crippen LogP contribution in [0.4, 0.5) is 4.39 Å². The van der Waals surface area contributed by atoms with Crippen molar-refractivity contribution in [2.45, 2.75) is 32.4 Å². The average Bonchev–Trinajstić information content (AvgIpc) is 2.79. The lowest BCUT2D eigenvalue weighted by molar-refractivity contribution is 0.0913. The van der Waals surface area contributed by atoms with Gasteiger partial charge in [0, 0.05) is 12.7 Å². The van der Waals surface area contributed by atoms with Crippen LogP contribution in [0.3, 0.4) is 0 Å². The van der Waals surface area contributed by atoms with E-state index in [1.807, 2.05) is 0 Å². The first kappa shape index (κ1) is 12.8. The lowest BCUT2D eigenvalue weighted by Crippen LogP contribution is -2.27. The molecule has 0 aliphatic rings. The van der Waals surface area contributed by atoms with E-state index in [0.717, 1.165) is 18.7 Å². The van der Waals surface area contributed by atoms with Crippen molar-refractivity contribution < 1.29 is 9.50 Å². The Morgan fingerprint density at radius 2 is 1.94 bits per heavy atom. The zero-order chi connectivity index (χ0) is 13.2. The first-order valence-corrected chi connectivity index (χ1v) is 6.06. The van der Waals surface area contributed by atoms with E-state index >= 15 is 0 Å². The number of aliphatic hydroxyl groups is 1. The summed E-state index contributed by atoms with van der Waals surface area (Å²) in [5.41, 5.74) is 0.206. The molecule has 1 unspecified atom stereocenters. The Morgan fingerprint density at radius 3 is 2.56 bits per heavy atom. The van der Waals surface area contributed by atoms with Crippen molar-refractivity contribution in [3.8, 4) is 0 Å². The summed E-state index contributed by atoms with van der Waals surface area (Å²) in [6, 6.07) is 7.69. The van der Waals surface area contributed by atoms with E-state index in [4.69, 9.17) is 0 Å². The van der Waals surface area contributed by atoms with Crippen LogP contribution >= 0.6 is 0 Å². The summed E-state index contributed by atoms with van der Waals surface area (Å²) in [6.07, 6.45) is 2.61. The molecule has 0 saturated heterocycles. The van der Waals surface area contributed by atoms with Gasteiger partial charge in [-0.15, -0.1) is 0 Å². The average molecular weight is 248 g/mol. The van der Waals surface area contributed by atoms with E-state index < -0.39 is 5.60 Å². The predicted molar refractivity (Wildman–Crippen MR) is 67.6 cm³/mol. The number of hydrogen-bond acceptors (Lipinski definition) is 2. The van der Waals surface area contributed by atoms with Crippen molar-refractivity contribution in [3.63, 3.8) is 0 Å². The van der Waals surface area contributed by atoms with Crippen molar-refractivity contribution in [1.82, 2.24) is 9.78 Å². The van der Waals surface area contributed by atoms with Crippen LogP contribution in [0.25, 0.3) is 0 Å². The molecule has 3 nitrogen and oxygen atoms in total. The summed E-state index contributed by atoms with van der Waals surface area (Å²) in [4.78, 5) is 0. The van der Waals surface area contributed by atoms with Crippen molar-refractivity contribution >= 4 is 0 Å². The highest BCUT2D eigenvalue weighted by Crippen LogP contribution is 2.29. The Kier molecular flexibility index (Phi) is 3.48. The maximum Gasteiger partial charge on any atom is 0.128 e. The van der Waals surface area contributed by atoms with Crippen LogP contribution < -0.4 is 0 Å². The smallest absolute Gasteiger partial charge is 0.128 e. The van der Waals surface area contributed by atoms with E-state index in [1.165, 1.54) is 12.1 Å². The molecule has 0 spiro atoms. The van der Waals surface area contributed by atoms with Gasteiger partial charge >= 0.3 is 0 Å². The summed E-state index contributed by atoms with van der Waals surface area (Å²) >= 11 is 0. The van der Waals surface area contributed by atoms with Crippen LogP contribution in [0.1, 0.15) is 31.5 Å². The zero-order valence-corrected chi connectivity index (χ0v) is 10.6. The molecule has 1 N–H and O–H groups in total. The Balaban J connectivity index is 2.40. The van der Waals surface area contributed by atoms with Gasteiger partial charge in [-0.05, 0) is 37.1 Å². The summed E-state index contributed by atoms with van der Waals surface area (Å²) in [7, 11) is 0. The quantitative estimate of drug-likeness (QED) is 0.903. The van der Waals surface area contributed by atoms with Crippen molar-refractivity contribution in [2.75, 3.05) is 0 Å². The molecule has 0 aliphatic carbocycles. The molecule has 0 aliphatic heterocycles. The number of benzene rings is 1. The third-order valence-corrected chi connectivity index (χ3v) is 3.06. The topological polar surface area (TPSA) is 38.0 Å². The van der Waals surface area contributed by atoms with Gasteiger partial charge in [-0.3, -0.25) is 4.68 Å². The number of nitrogens with zero attached hydrogens (tertiary/aromatic N) is 2. The first-order chi connectivity index (χ1) is 8.55. The zero-order valence-electron chi connectivity index (χ0n) is 10.6. The van der Waals surface area contributed by atoms with Crippen molar-refractivity contribution in [1.29, 1.82) is 0 Å². The number of hydrogen-bond donors (Lipinski definition) is 1. The molecule has 0 amide bonds.